The molecule has 1 aromatic carbocycles. The molecule has 0 aliphatic heterocycles. The Morgan fingerprint density at radius 1 is 1.17 bits per heavy atom. The fourth-order valence-electron chi connectivity index (χ4n) is 2.54. The molecule has 1 N–H and O–H groups in total. The van der Waals surface area contributed by atoms with Crippen LogP contribution in [-0.4, -0.2) is 24.8 Å². The van der Waals surface area contributed by atoms with E-state index in [-0.39, 0.29) is 6.10 Å². The van der Waals surface area contributed by atoms with Gasteiger partial charge in [0.1, 0.15) is 0 Å². The number of hydrogen-bond acceptors (Lipinski definition) is 2. The van der Waals surface area contributed by atoms with E-state index in [4.69, 9.17) is 0 Å². The second-order valence-electron chi connectivity index (χ2n) is 5.15. The Balaban J connectivity index is 1.94. The average molecular weight is 255 g/mol. The number of aliphatic hydroxyl groups is 1. The van der Waals surface area contributed by atoms with Crippen molar-refractivity contribution >= 4 is 5.69 Å². The molecule has 1 aromatic rings. The van der Waals surface area contributed by atoms with Gasteiger partial charge in [-0.3, -0.25) is 0 Å². The summed E-state index contributed by atoms with van der Waals surface area (Å²) in [6.45, 7) is 0.817. The van der Waals surface area contributed by atoms with Crippen molar-refractivity contribution in [2.24, 2.45) is 5.92 Å². The highest BCUT2D eigenvalue weighted by Gasteiger charge is 2.20. The molecule has 0 radical (unpaired) electrons. The van der Waals surface area contributed by atoms with Crippen LogP contribution in [0.2, 0.25) is 0 Å². The van der Waals surface area contributed by atoms with E-state index >= 15 is 0 Å². The van der Waals surface area contributed by atoms with Crippen LogP contribution in [0.15, 0.2) is 18.2 Å². The third kappa shape index (κ3) is 3.19. The van der Waals surface area contributed by atoms with Crippen LogP contribution in [0.25, 0.3) is 0 Å². The highest BCUT2D eigenvalue weighted by molar-refractivity contribution is 5.45. The highest BCUT2D eigenvalue weighted by atomic mass is 19.2. The highest BCUT2D eigenvalue weighted by Crippen LogP contribution is 2.26. The van der Waals surface area contributed by atoms with Gasteiger partial charge in [0.15, 0.2) is 11.6 Å². The lowest BCUT2D eigenvalue weighted by atomic mass is 9.87. The molecular formula is C14H19F2NO. The number of hydrogen-bond donors (Lipinski definition) is 1. The van der Waals surface area contributed by atoms with Gasteiger partial charge in [-0.1, -0.05) is 0 Å². The van der Waals surface area contributed by atoms with Crippen LogP contribution in [0.5, 0.6) is 0 Å². The van der Waals surface area contributed by atoms with Crippen LogP contribution in [0.4, 0.5) is 14.5 Å². The van der Waals surface area contributed by atoms with Gasteiger partial charge in [-0.25, -0.2) is 8.78 Å². The first-order valence-electron chi connectivity index (χ1n) is 6.40. The molecule has 1 saturated carbocycles. The van der Waals surface area contributed by atoms with Crippen molar-refractivity contribution in [1.29, 1.82) is 0 Å². The smallest absolute Gasteiger partial charge is 0.160 e. The summed E-state index contributed by atoms with van der Waals surface area (Å²) in [5.74, 6) is -1.10. The third-order valence-electron chi connectivity index (χ3n) is 3.69. The predicted molar refractivity (Wildman–Crippen MR) is 67.6 cm³/mol. The van der Waals surface area contributed by atoms with Crippen LogP contribution in [0.3, 0.4) is 0 Å². The van der Waals surface area contributed by atoms with Gasteiger partial charge in [0.25, 0.3) is 0 Å². The minimum atomic E-state index is -0.812. The minimum absolute atomic E-state index is 0.158. The topological polar surface area (TPSA) is 23.5 Å². The Morgan fingerprint density at radius 2 is 1.83 bits per heavy atom. The zero-order valence-electron chi connectivity index (χ0n) is 10.6. The van der Waals surface area contributed by atoms with Gasteiger partial charge >= 0.3 is 0 Å². The molecule has 18 heavy (non-hydrogen) atoms. The lowest BCUT2D eigenvalue weighted by Gasteiger charge is -2.30. The lowest BCUT2D eigenvalue weighted by molar-refractivity contribution is 0.110. The van der Waals surface area contributed by atoms with E-state index in [0.29, 0.717) is 11.6 Å². The van der Waals surface area contributed by atoms with Crippen LogP contribution in [-0.2, 0) is 0 Å². The van der Waals surface area contributed by atoms with Crippen molar-refractivity contribution < 1.29 is 13.9 Å². The zero-order valence-corrected chi connectivity index (χ0v) is 10.6. The Kier molecular flexibility index (Phi) is 4.17. The summed E-state index contributed by atoms with van der Waals surface area (Å²) >= 11 is 0. The van der Waals surface area contributed by atoms with Crippen LogP contribution in [0, 0.1) is 17.6 Å². The van der Waals surface area contributed by atoms with Crippen molar-refractivity contribution in [3.05, 3.63) is 29.8 Å². The molecule has 1 aliphatic rings. The van der Waals surface area contributed by atoms with Crippen LogP contribution >= 0.6 is 0 Å². The molecule has 0 spiro atoms. The van der Waals surface area contributed by atoms with Gasteiger partial charge in [0.2, 0.25) is 0 Å². The second kappa shape index (κ2) is 5.65. The minimum Gasteiger partial charge on any atom is -0.393 e. The predicted octanol–water partition coefficient (Wildman–Crippen LogP) is 2.95. The fraction of sp³-hybridized carbons (Fsp3) is 0.571. The summed E-state index contributed by atoms with van der Waals surface area (Å²) < 4.78 is 26.0. The summed E-state index contributed by atoms with van der Waals surface area (Å²) in [7, 11) is 1.89. The SMILES string of the molecule is CN(CC1CCC(O)CC1)c1ccc(F)c(F)c1. The van der Waals surface area contributed by atoms with E-state index in [0.717, 1.165) is 38.3 Å². The Labute approximate surface area is 106 Å². The first kappa shape index (κ1) is 13.3. The maximum atomic E-state index is 13.1. The van der Waals surface area contributed by atoms with Crippen molar-refractivity contribution in [1.82, 2.24) is 0 Å². The Morgan fingerprint density at radius 3 is 2.44 bits per heavy atom. The molecule has 1 fully saturated rings. The molecular weight excluding hydrogens is 236 g/mol. The van der Waals surface area contributed by atoms with E-state index < -0.39 is 11.6 Å². The quantitative estimate of drug-likeness (QED) is 0.897. The monoisotopic (exact) mass is 255 g/mol. The van der Waals surface area contributed by atoms with E-state index in [1.165, 1.54) is 6.07 Å². The summed E-state index contributed by atoms with van der Waals surface area (Å²) in [6.07, 6.45) is 3.52. The largest absolute Gasteiger partial charge is 0.393 e. The number of halogens is 2. The molecule has 0 heterocycles. The maximum Gasteiger partial charge on any atom is 0.160 e. The van der Waals surface area contributed by atoms with Gasteiger partial charge in [-0.15, -0.1) is 0 Å². The van der Waals surface area contributed by atoms with Crippen molar-refractivity contribution in [3.63, 3.8) is 0 Å². The maximum absolute atomic E-state index is 13.1. The first-order chi connectivity index (χ1) is 8.56. The normalized spacial score (nSPS) is 24.0. The van der Waals surface area contributed by atoms with E-state index in [9.17, 15) is 13.9 Å². The average Bonchev–Trinajstić information content (AvgIpc) is 2.35. The zero-order chi connectivity index (χ0) is 13.1. The third-order valence-corrected chi connectivity index (χ3v) is 3.69. The fourth-order valence-corrected chi connectivity index (χ4v) is 2.54. The van der Waals surface area contributed by atoms with Crippen molar-refractivity contribution in [2.75, 3.05) is 18.5 Å². The molecule has 0 bridgehead atoms. The molecule has 0 saturated heterocycles. The van der Waals surface area contributed by atoms with E-state index in [2.05, 4.69) is 0 Å². The molecule has 0 aromatic heterocycles. The number of benzene rings is 1. The van der Waals surface area contributed by atoms with E-state index in [1.54, 1.807) is 6.07 Å². The molecule has 4 heteroatoms. The van der Waals surface area contributed by atoms with E-state index in [1.807, 2.05) is 11.9 Å². The van der Waals surface area contributed by atoms with Gasteiger partial charge in [-0.05, 0) is 43.7 Å². The molecule has 2 rings (SSSR count). The molecule has 100 valence electrons. The van der Waals surface area contributed by atoms with Gasteiger partial charge in [-0.2, -0.15) is 0 Å². The summed E-state index contributed by atoms with van der Waals surface area (Å²) in [4.78, 5) is 1.95. The summed E-state index contributed by atoms with van der Waals surface area (Å²) in [5, 5.41) is 9.44. The van der Waals surface area contributed by atoms with Gasteiger partial charge < -0.3 is 10.0 Å². The Bertz CT molecular complexity index is 403. The summed E-state index contributed by atoms with van der Waals surface area (Å²) in [5.41, 5.74) is 0.694. The Hall–Kier alpha value is -1.16. The lowest BCUT2D eigenvalue weighted by Crippen LogP contribution is -2.29. The number of rotatable bonds is 3. The second-order valence-corrected chi connectivity index (χ2v) is 5.15. The standard InChI is InChI=1S/C14H19F2NO/c1-17(9-10-2-5-12(18)6-3-10)11-4-7-13(15)14(16)8-11/h4,7-8,10,12,18H,2-3,5-6,9H2,1H3. The number of aliphatic hydroxyl groups excluding tert-OH is 1. The van der Waals surface area contributed by atoms with Crippen molar-refractivity contribution in [2.45, 2.75) is 31.8 Å². The molecule has 0 atom stereocenters. The molecule has 0 unspecified atom stereocenters. The van der Waals surface area contributed by atoms with Gasteiger partial charge in [0.05, 0.1) is 6.10 Å². The van der Waals surface area contributed by atoms with Crippen LogP contribution < -0.4 is 4.90 Å². The first-order valence-corrected chi connectivity index (χ1v) is 6.40. The summed E-state index contributed by atoms with van der Waals surface area (Å²) in [6, 6.07) is 3.98. The van der Waals surface area contributed by atoms with Crippen molar-refractivity contribution in [3.8, 4) is 0 Å². The van der Waals surface area contributed by atoms with Crippen LogP contribution in [0.1, 0.15) is 25.7 Å². The number of anilines is 1. The number of nitrogens with zero attached hydrogens (tertiary/aromatic N) is 1. The van der Waals surface area contributed by atoms with Gasteiger partial charge in [0, 0.05) is 25.3 Å². The molecule has 1 aliphatic carbocycles. The molecule has 2 nitrogen and oxygen atoms in total. The molecule has 0 amide bonds.